The van der Waals surface area contributed by atoms with Crippen molar-refractivity contribution in [2.75, 3.05) is 12.8 Å². The number of rotatable bonds is 5. The number of thioether (sulfide) groups is 1. The van der Waals surface area contributed by atoms with E-state index in [2.05, 4.69) is 4.98 Å². The highest BCUT2D eigenvalue weighted by Crippen LogP contribution is 2.26. The van der Waals surface area contributed by atoms with Gasteiger partial charge in [-0.3, -0.25) is 9.78 Å². The van der Waals surface area contributed by atoms with Crippen LogP contribution < -0.4 is 0 Å². The molecule has 0 aliphatic heterocycles. The summed E-state index contributed by atoms with van der Waals surface area (Å²) in [4.78, 5) is 19.6. The number of hydrogen-bond donors (Lipinski definition) is 0. The van der Waals surface area contributed by atoms with E-state index in [1.165, 1.54) is 0 Å². The lowest BCUT2D eigenvalue weighted by Gasteiger charge is -2.17. The molecule has 0 unspecified atom stereocenters. The van der Waals surface area contributed by atoms with Gasteiger partial charge >= 0.3 is 0 Å². The Morgan fingerprint density at radius 3 is 2.65 bits per heavy atom. The number of benzene rings is 2. The van der Waals surface area contributed by atoms with Gasteiger partial charge in [-0.05, 0) is 17.7 Å². The zero-order valence-corrected chi connectivity index (χ0v) is 13.8. The molecule has 0 bridgehead atoms. The average Bonchev–Trinajstić information content (AvgIpc) is 2.60. The summed E-state index contributed by atoms with van der Waals surface area (Å²) in [5.41, 5.74) is 2.10. The molecule has 23 heavy (non-hydrogen) atoms. The maximum Gasteiger partial charge on any atom is 0.232 e. The van der Waals surface area contributed by atoms with Gasteiger partial charge in [-0.2, -0.15) is 0 Å². The van der Waals surface area contributed by atoms with Crippen molar-refractivity contribution in [3.63, 3.8) is 0 Å². The second-order valence-electron chi connectivity index (χ2n) is 5.36. The summed E-state index contributed by atoms with van der Waals surface area (Å²) in [5, 5.41) is 1.10. The topological polar surface area (TPSA) is 33.2 Å². The first kappa shape index (κ1) is 15.6. The SMILES string of the molecule is CN(Cc1ccccc1)C(=O)CSc1cccc2cccnc12. The van der Waals surface area contributed by atoms with E-state index < -0.39 is 0 Å². The molecule has 0 atom stereocenters. The Morgan fingerprint density at radius 2 is 1.83 bits per heavy atom. The van der Waals surface area contributed by atoms with E-state index in [0.717, 1.165) is 21.4 Å². The molecule has 0 saturated heterocycles. The van der Waals surface area contributed by atoms with Gasteiger partial charge in [0.2, 0.25) is 5.91 Å². The highest BCUT2D eigenvalue weighted by atomic mass is 32.2. The van der Waals surface area contributed by atoms with Crippen molar-refractivity contribution in [1.82, 2.24) is 9.88 Å². The number of amides is 1. The molecule has 2 aromatic carbocycles. The van der Waals surface area contributed by atoms with Crippen LogP contribution in [0.1, 0.15) is 5.56 Å². The Bertz CT molecular complexity index is 799. The molecule has 1 heterocycles. The molecule has 0 N–H and O–H groups in total. The van der Waals surface area contributed by atoms with Gasteiger partial charge in [-0.15, -0.1) is 11.8 Å². The number of para-hydroxylation sites is 1. The average molecular weight is 322 g/mol. The van der Waals surface area contributed by atoms with Crippen LogP contribution >= 0.6 is 11.8 Å². The van der Waals surface area contributed by atoms with Crippen molar-refractivity contribution in [2.24, 2.45) is 0 Å². The summed E-state index contributed by atoms with van der Waals surface area (Å²) in [5.74, 6) is 0.533. The third-order valence-corrected chi connectivity index (χ3v) is 4.67. The van der Waals surface area contributed by atoms with E-state index in [1.54, 1.807) is 22.9 Å². The van der Waals surface area contributed by atoms with Crippen molar-refractivity contribution in [3.8, 4) is 0 Å². The molecule has 0 radical (unpaired) electrons. The molecular formula is C19H18N2OS. The van der Waals surface area contributed by atoms with Gasteiger partial charge in [0, 0.05) is 30.1 Å². The van der Waals surface area contributed by atoms with Crippen molar-refractivity contribution in [2.45, 2.75) is 11.4 Å². The monoisotopic (exact) mass is 322 g/mol. The smallest absolute Gasteiger partial charge is 0.232 e. The Hall–Kier alpha value is -2.33. The summed E-state index contributed by atoms with van der Waals surface area (Å²) in [7, 11) is 1.84. The number of nitrogens with zero attached hydrogens (tertiary/aromatic N) is 2. The van der Waals surface area contributed by atoms with Gasteiger partial charge in [-0.25, -0.2) is 0 Å². The van der Waals surface area contributed by atoms with Crippen LogP contribution in [0.2, 0.25) is 0 Å². The minimum Gasteiger partial charge on any atom is -0.341 e. The van der Waals surface area contributed by atoms with Crippen LogP contribution in [0.15, 0.2) is 71.8 Å². The summed E-state index contributed by atoms with van der Waals surface area (Å²) in [6.45, 7) is 0.633. The standard InChI is InChI=1S/C19H18N2OS/c1-21(13-15-7-3-2-4-8-15)18(22)14-23-17-11-5-9-16-10-6-12-20-19(16)17/h2-12H,13-14H2,1H3. The molecule has 0 spiro atoms. The lowest BCUT2D eigenvalue weighted by Crippen LogP contribution is -2.27. The van der Waals surface area contributed by atoms with Gasteiger partial charge in [0.25, 0.3) is 0 Å². The molecule has 1 aromatic heterocycles. The first-order chi connectivity index (χ1) is 11.2. The molecule has 0 aliphatic rings. The zero-order chi connectivity index (χ0) is 16.1. The fraction of sp³-hybridized carbons (Fsp3) is 0.158. The molecule has 3 rings (SSSR count). The summed E-state index contributed by atoms with van der Waals surface area (Å²) >= 11 is 1.54. The molecule has 1 amide bonds. The normalized spacial score (nSPS) is 10.7. The first-order valence-corrected chi connectivity index (χ1v) is 8.47. The van der Waals surface area contributed by atoms with Crippen LogP contribution in [-0.4, -0.2) is 28.6 Å². The molecule has 0 saturated carbocycles. The second kappa shape index (κ2) is 7.29. The predicted molar refractivity (Wildman–Crippen MR) is 95.4 cm³/mol. The van der Waals surface area contributed by atoms with Gasteiger partial charge < -0.3 is 4.90 Å². The minimum atomic E-state index is 0.117. The van der Waals surface area contributed by atoms with Gasteiger partial charge in [0.1, 0.15) is 0 Å². The summed E-state index contributed by atoms with van der Waals surface area (Å²) in [6.07, 6.45) is 1.79. The van der Waals surface area contributed by atoms with Crippen LogP contribution in [-0.2, 0) is 11.3 Å². The molecule has 3 nitrogen and oxygen atoms in total. The van der Waals surface area contributed by atoms with E-state index >= 15 is 0 Å². The highest BCUT2D eigenvalue weighted by molar-refractivity contribution is 8.00. The van der Waals surface area contributed by atoms with Crippen molar-refractivity contribution in [3.05, 3.63) is 72.4 Å². The number of hydrogen-bond acceptors (Lipinski definition) is 3. The number of carbonyl (C=O) groups excluding carboxylic acids is 1. The number of carbonyl (C=O) groups is 1. The van der Waals surface area contributed by atoms with E-state index in [9.17, 15) is 4.79 Å². The van der Waals surface area contributed by atoms with E-state index in [4.69, 9.17) is 0 Å². The fourth-order valence-electron chi connectivity index (χ4n) is 2.39. The largest absolute Gasteiger partial charge is 0.341 e. The number of fused-ring (bicyclic) bond motifs is 1. The second-order valence-corrected chi connectivity index (χ2v) is 6.37. The Morgan fingerprint density at radius 1 is 1.04 bits per heavy atom. The van der Waals surface area contributed by atoms with Gasteiger partial charge in [-0.1, -0.05) is 48.5 Å². The van der Waals surface area contributed by atoms with Crippen molar-refractivity contribution >= 4 is 28.6 Å². The van der Waals surface area contributed by atoms with Gasteiger partial charge in [0.05, 0.1) is 11.3 Å². The Kier molecular flexibility index (Phi) is 4.93. The van der Waals surface area contributed by atoms with Crippen LogP contribution in [0, 0.1) is 0 Å². The summed E-state index contributed by atoms with van der Waals surface area (Å²) < 4.78 is 0. The Balaban J connectivity index is 1.64. The quantitative estimate of drug-likeness (QED) is 0.666. The zero-order valence-electron chi connectivity index (χ0n) is 13.0. The van der Waals surface area contributed by atoms with Crippen molar-refractivity contribution < 1.29 is 4.79 Å². The van der Waals surface area contributed by atoms with Gasteiger partial charge in [0.15, 0.2) is 0 Å². The summed E-state index contributed by atoms with van der Waals surface area (Å²) in [6, 6.07) is 20.1. The lowest BCUT2D eigenvalue weighted by molar-refractivity contribution is -0.127. The third kappa shape index (κ3) is 3.90. The minimum absolute atomic E-state index is 0.117. The van der Waals surface area contributed by atoms with Crippen LogP contribution in [0.5, 0.6) is 0 Å². The molecule has 3 aromatic rings. The van der Waals surface area contributed by atoms with E-state index in [0.29, 0.717) is 12.3 Å². The third-order valence-electron chi connectivity index (χ3n) is 3.64. The maximum atomic E-state index is 12.3. The lowest BCUT2D eigenvalue weighted by atomic mass is 10.2. The fourth-order valence-corrected chi connectivity index (χ4v) is 3.37. The number of aromatic nitrogens is 1. The Labute approximate surface area is 140 Å². The molecule has 116 valence electrons. The molecular weight excluding hydrogens is 304 g/mol. The van der Waals surface area contributed by atoms with Crippen LogP contribution in [0.25, 0.3) is 10.9 Å². The van der Waals surface area contributed by atoms with Crippen LogP contribution in [0.4, 0.5) is 0 Å². The van der Waals surface area contributed by atoms with Crippen LogP contribution in [0.3, 0.4) is 0 Å². The van der Waals surface area contributed by atoms with Crippen molar-refractivity contribution in [1.29, 1.82) is 0 Å². The highest BCUT2D eigenvalue weighted by Gasteiger charge is 2.11. The van der Waals surface area contributed by atoms with E-state index in [-0.39, 0.29) is 5.91 Å². The van der Waals surface area contributed by atoms with E-state index in [1.807, 2.05) is 67.7 Å². The number of pyridine rings is 1. The predicted octanol–water partition coefficient (Wildman–Crippen LogP) is 3.99. The molecule has 0 aliphatic carbocycles. The molecule has 4 heteroatoms. The first-order valence-electron chi connectivity index (χ1n) is 7.48. The molecule has 0 fully saturated rings. The maximum absolute atomic E-state index is 12.3.